The summed E-state index contributed by atoms with van der Waals surface area (Å²) >= 11 is 0. The molecule has 418 valence electrons. The van der Waals surface area contributed by atoms with Crippen LogP contribution in [0.2, 0.25) is 0 Å². The van der Waals surface area contributed by atoms with E-state index in [9.17, 15) is 47.9 Å². The number of benzene rings is 1. The molecule has 0 unspecified atom stereocenters. The second kappa shape index (κ2) is 40.7. The number of carbonyl (C=O) groups is 10. The SMILES string of the molecule is CC(C)[C@H](N)C(=O)O.CC[C@H](C)[C@H](N)C(=O)O.C[C@H](N)C(=O)O.NC(=O)CC[C@H](N)C(=O)O.NC(=O)C[C@H](N)C(=O)O.N[C@@H](Cc1c[nH]c2ccccc12)C(=O)O.O=C(O)[C@@H]1CCCN1.O=C(O)[C@@H]1CCCN1. The number of aromatic nitrogens is 1. The number of fused-ring (bicyclic) bond motifs is 1. The number of aliphatic carboxylic acids is 8. The van der Waals surface area contributed by atoms with Crippen molar-refractivity contribution in [3.05, 3.63) is 36.0 Å². The lowest BCUT2D eigenvalue weighted by Crippen LogP contribution is -2.36. The van der Waals surface area contributed by atoms with Crippen molar-refractivity contribution in [1.29, 1.82) is 0 Å². The van der Waals surface area contributed by atoms with E-state index in [0.717, 1.165) is 61.7 Å². The van der Waals surface area contributed by atoms with Crippen LogP contribution in [0, 0.1) is 11.8 Å². The van der Waals surface area contributed by atoms with Gasteiger partial charge in [0.05, 0.1) is 6.42 Å². The summed E-state index contributed by atoms with van der Waals surface area (Å²) in [5, 5.41) is 72.9. The molecule has 2 fully saturated rings. The van der Waals surface area contributed by atoms with E-state index in [0.29, 0.717) is 6.42 Å². The maximum atomic E-state index is 10.6. The Kier molecular flexibility index (Phi) is 40.5. The molecule has 2 saturated heterocycles. The number of hydrogen-bond donors (Lipinski definition) is 19. The fraction of sp³-hybridized carbons (Fsp3) is 0.591. The average molecular weight is 1050 g/mol. The fourth-order valence-electron chi connectivity index (χ4n) is 4.92. The van der Waals surface area contributed by atoms with Crippen molar-refractivity contribution in [2.24, 2.45) is 57.7 Å². The first-order chi connectivity index (χ1) is 33.7. The Bertz CT molecular complexity index is 1950. The van der Waals surface area contributed by atoms with E-state index < -0.39 is 95.8 Å². The third kappa shape index (κ3) is 38.5. The van der Waals surface area contributed by atoms with Gasteiger partial charge in [-0.15, -0.1) is 0 Å². The van der Waals surface area contributed by atoms with Gasteiger partial charge in [-0.3, -0.25) is 47.9 Å². The molecular formula is C44H79N11O18. The molecule has 0 radical (unpaired) electrons. The summed E-state index contributed by atoms with van der Waals surface area (Å²) < 4.78 is 0. The molecule has 2 aromatic rings. The Labute approximate surface area is 421 Å². The number of carboxylic acids is 8. The molecule has 4 rings (SSSR count). The summed E-state index contributed by atoms with van der Waals surface area (Å²) in [6, 6.07) is 2.09. The standard InChI is InChI=1S/C11H12N2O2.C6H13NO2.C5H10N2O3.2C5H9NO2.C5H11NO2.C4H8N2O3.C3H7NO2/c12-9(11(14)15)5-7-6-13-10-4-2-1-3-8(7)10;1-3-4(2)5(7)6(8)9;6-3(5(9)10)1-2-4(7)8;2*7-5(8)4-2-1-3-6-4;1-3(2)4(6)5(7)8;5-2(4(8)9)1-3(6)7;1-2(4)3(5)6/h1-4,6,9,13H,5,12H2,(H,14,15);4-5H,3,7H2,1-2H3,(H,8,9);3H,1-2,6H2,(H2,7,8)(H,9,10);2*4,6H,1-3H2,(H,7,8);3-4H,6H2,1-2H3,(H,7,8);2H,1,5H2,(H2,6,7)(H,8,9);2H,4H2,1H3,(H,5,6)/t9-;4-,5-;3-;3*4-;2*2-/m00000000/s1. The molecule has 0 bridgehead atoms. The molecule has 2 amide bonds. The topological polar surface area (TPSA) is 581 Å². The molecule has 0 saturated carbocycles. The number of nitrogens with two attached hydrogens (primary N) is 8. The maximum Gasteiger partial charge on any atom is 0.321 e. The summed E-state index contributed by atoms with van der Waals surface area (Å²) in [5.41, 5.74) is 42.1. The van der Waals surface area contributed by atoms with Gasteiger partial charge in [0.1, 0.15) is 48.3 Å². The Hall–Kier alpha value is -6.86. The average Bonchev–Trinajstić information content (AvgIpc) is 4.13. The van der Waals surface area contributed by atoms with E-state index in [1.165, 1.54) is 6.92 Å². The van der Waals surface area contributed by atoms with E-state index in [4.69, 9.17) is 81.0 Å². The van der Waals surface area contributed by atoms with Crippen LogP contribution in [0.4, 0.5) is 0 Å². The summed E-state index contributed by atoms with van der Waals surface area (Å²) in [4.78, 5) is 104. The van der Waals surface area contributed by atoms with Crippen molar-refractivity contribution in [3.8, 4) is 0 Å². The van der Waals surface area contributed by atoms with E-state index in [1.54, 1.807) is 13.8 Å². The van der Waals surface area contributed by atoms with Crippen LogP contribution in [-0.4, -0.2) is 167 Å². The Morgan fingerprint density at radius 1 is 0.589 bits per heavy atom. The van der Waals surface area contributed by atoms with E-state index in [1.807, 2.05) is 44.3 Å². The molecule has 2 aliphatic heterocycles. The van der Waals surface area contributed by atoms with Gasteiger partial charge in [-0.2, -0.15) is 0 Å². The third-order valence-electron chi connectivity index (χ3n) is 9.84. The number of hydrogen-bond acceptors (Lipinski definition) is 18. The highest BCUT2D eigenvalue weighted by Gasteiger charge is 2.22. The van der Waals surface area contributed by atoms with Crippen molar-refractivity contribution in [2.75, 3.05) is 13.1 Å². The minimum atomic E-state index is -1.21. The molecule has 1 aromatic carbocycles. The van der Waals surface area contributed by atoms with Gasteiger partial charge in [0.15, 0.2) is 0 Å². The van der Waals surface area contributed by atoms with Crippen LogP contribution < -0.4 is 56.5 Å². The largest absolute Gasteiger partial charge is 0.480 e. The maximum absolute atomic E-state index is 10.6. The monoisotopic (exact) mass is 1050 g/mol. The first kappa shape index (κ1) is 72.7. The highest BCUT2D eigenvalue weighted by atomic mass is 16.4. The number of carbonyl (C=O) groups excluding carboxylic acids is 2. The molecule has 29 nitrogen and oxygen atoms in total. The molecule has 1 aromatic heterocycles. The number of para-hydroxylation sites is 1. The number of carboxylic acid groups (broad SMARTS) is 8. The quantitative estimate of drug-likeness (QED) is 0.0741. The van der Waals surface area contributed by atoms with Crippen LogP contribution in [0.3, 0.4) is 0 Å². The Balaban J connectivity index is -0.000000379. The zero-order valence-corrected chi connectivity index (χ0v) is 41.7. The number of H-pyrrole nitrogens is 1. The van der Waals surface area contributed by atoms with Crippen LogP contribution in [0.5, 0.6) is 0 Å². The number of nitrogens with one attached hydrogen (secondary N) is 3. The molecule has 27 N–H and O–H groups in total. The molecule has 0 aliphatic carbocycles. The normalized spacial score (nSPS) is 16.8. The van der Waals surface area contributed by atoms with Crippen molar-refractivity contribution in [2.45, 2.75) is 141 Å². The van der Waals surface area contributed by atoms with Gasteiger partial charge in [0.25, 0.3) is 0 Å². The second-order valence-corrected chi connectivity index (χ2v) is 16.5. The molecule has 9 atom stereocenters. The molecule has 29 heteroatoms. The van der Waals surface area contributed by atoms with E-state index in [2.05, 4.69) is 21.4 Å². The number of rotatable bonds is 18. The first-order valence-electron chi connectivity index (χ1n) is 22.6. The van der Waals surface area contributed by atoms with E-state index >= 15 is 0 Å². The first-order valence-corrected chi connectivity index (χ1v) is 22.6. The summed E-state index contributed by atoms with van der Waals surface area (Å²) in [7, 11) is 0. The highest BCUT2D eigenvalue weighted by Crippen LogP contribution is 2.18. The summed E-state index contributed by atoms with van der Waals surface area (Å²) in [6.07, 6.45) is 6.35. The van der Waals surface area contributed by atoms with Crippen LogP contribution in [0.25, 0.3) is 10.9 Å². The third-order valence-corrected chi connectivity index (χ3v) is 9.84. The van der Waals surface area contributed by atoms with E-state index in [-0.39, 0.29) is 43.2 Å². The van der Waals surface area contributed by atoms with Crippen LogP contribution >= 0.6 is 0 Å². The lowest BCUT2D eigenvalue weighted by atomic mass is 10.0. The van der Waals surface area contributed by atoms with Gasteiger partial charge < -0.3 is 102 Å². The molecule has 73 heavy (non-hydrogen) atoms. The predicted octanol–water partition coefficient (Wildman–Crippen LogP) is -2.38. The second-order valence-electron chi connectivity index (χ2n) is 16.5. The van der Waals surface area contributed by atoms with Gasteiger partial charge in [-0.1, -0.05) is 52.3 Å². The zero-order chi connectivity index (χ0) is 57.7. The number of amides is 2. The smallest absolute Gasteiger partial charge is 0.321 e. The Morgan fingerprint density at radius 2 is 1.01 bits per heavy atom. The van der Waals surface area contributed by atoms with Gasteiger partial charge in [-0.05, 0) is 75.6 Å². The molecular weight excluding hydrogens is 971 g/mol. The lowest BCUT2D eigenvalue weighted by molar-refractivity contribution is -0.140. The van der Waals surface area contributed by atoms with Crippen molar-refractivity contribution in [1.82, 2.24) is 15.6 Å². The predicted molar refractivity (Wildman–Crippen MR) is 265 cm³/mol. The Morgan fingerprint density at radius 3 is 1.26 bits per heavy atom. The fourth-order valence-corrected chi connectivity index (χ4v) is 4.92. The molecule has 0 spiro atoms. The van der Waals surface area contributed by atoms with Gasteiger partial charge >= 0.3 is 47.8 Å². The zero-order valence-electron chi connectivity index (χ0n) is 41.7. The van der Waals surface area contributed by atoms with Crippen molar-refractivity contribution >= 4 is 70.5 Å². The van der Waals surface area contributed by atoms with Crippen LogP contribution in [0.1, 0.15) is 91.5 Å². The minimum absolute atomic E-state index is 0.0208. The lowest BCUT2D eigenvalue weighted by Gasteiger charge is -2.11. The van der Waals surface area contributed by atoms with Crippen molar-refractivity contribution in [3.63, 3.8) is 0 Å². The van der Waals surface area contributed by atoms with Gasteiger partial charge in [0, 0.05) is 29.9 Å². The summed E-state index contributed by atoms with van der Waals surface area (Å²) in [5.74, 6) is -8.68. The van der Waals surface area contributed by atoms with Crippen LogP contribution in [0.15, 0.2) is 30.5 Å². The van der Waals surface area contributed by atoms with Gasteiger partial charge in [-0.25, -0.2) is 0 Å². The minimum Gasteiger partial charge on any atom is -0.480 e. The summed E-state index contributed by atoms with van der Waals surface area (Å²) in [6.45, 7) is 10.4. The number of primary amides is 2. The number of aromatic amines is 1. The van der Waals surface area contributed by atoms with Gasteiger partial charge in [0.2, 0.25) is 11.8 Å². The molecule has 3 heterocycles. The van der Waals surface area contributed by atoms with Crippen molar-refractivity contribution < 1.29 is 88.8 Å². The molecule has 2 aliphatic rings. The van der Waals surface area contributed by atoms with Crippen LogP contribution in [-0.2, 0) is 54.4 Å². The highest BCUT2D eigenvalue weighted by molar-refractivity contribution is 5.85.